The van der Waals surface area contributed by atoms with Gasteiger partial charge in [-0.25, -0.2) is 0 Å². The number of hydrogen-bond donors (Lipinski definition) is 0. The Morgan fingerprint density at radius 2 is 1.33 bits per heavy atom. The number of imide groups is 1. The number of carbonyl (C=O) groups is 2. The number of nitrogens with zero attached hydrogens (tertiary/aromatic N) is 1. The van der Waals surface area contributed by atoms with E-state index in [0.29, 0.717) is 4.90 Å². The third-order valence-corrected chi connectivity index (χ3v) is 5.35. The molecule has 2 amide bonds. The Bertz CT molecular complexity index is 1150. The minimum Gasteiger partial charge on any atom is -0.342 e. The van der Waals surface area contributed by atoms with E-state index in [1.54, 1.807) is 36.4 Å². The Balaban J connectivity index is 1.81. The van der Waals surface area contributed by atoms with E-state index in [9.17, 15) is 22.8 Å². The fourth-order valence-electron chi connectivity index (χ4n) is 3.72. The second-order valence-electron chi connectivity index (χ2n) is 7.31. The molecule has 0 fully saturated rings. The average Bonchev–Trinajstić information content (AvgIpc) is 3.10. The minimum absolute atomic E-state index is 0.0773. The number of amides is 2. The van der Waals surface area contributed by atoms with E-state index < -0.39 is 36.4 Å². The van der Waals surface area contributed by atoms with Gasteiger partial charge in [0.15, 0.2) is 0 Å². The first-order valence-corrected chi connectivity index (χ1v) is 10.0. The van der Waals surface area contributed by atoms with Gasteiger partial charge in [0.05, 0.1) is 19.0 Å². The maximum Gasteiger partial charge on any atom is 0.448 e. The van der Waals surface area contributed by atoms with Crippen molar-refractivity contribution in [2.24, 2.45) is 0 Å². The first kappa shape index (κ1) is 21.4. The van der Waals surface area contributed by atoms with Gasteiger partial charge in [0, 0.05) is 12.7 Å². The zero-order chi connectivity index (χ0) is 24.5. The summed E-state index contributed by atoms with van der Waals surface area (Å²) in [7, 11) is 0.851. The molecular formula is C25H20F3NO4. The first-order valence-electron chi connectivity index (χ1n) is 10.6. The molecule has 0 radical (unpaired) electrons. The highest BCUT2D eigenvalue weighted by molar-refractivity contribution is 6.21. The number of benzene rings is 3. The van der Waals surface area contributed by atoms with Crippen molar-refractivity contribution in [1.29, 1.82) is 0 Å². The molecule has 3 aromatic rings. The van der Waals surface area contributed by atoms with E-state index in [0.717, 1.165) is 7.11 Å². The van der Waals surface area contributed by atoms with Crippen LogP contribution in [-0.4, -0.2) is 36.5 Å². The molecular weight excluding hydrogens is 435 g/mol. The molecule has 0 saturated carbocycles. The van der Waals surface area contributed by atoms with Crippen molar-refractivity contribution in [3.8, 4) is 0 Å². The van der Waals surface area contributed by atoms with Crippen molar-refractivity contribution in [2.45, 2.75) is 18.1 Å². The summed E-state index contributed by atoms with van der Waals surface area (Å²) in [5, 5.41) is 0. The summed E-state index contributed by atoms with van der Waals surface area (Å²) in [6.45, 7) is -1.84. The van der Waals surface area contributed by atoms with Crippen molar-refractivity contribution in [3.05, 3.63) is 107 Å². The highest BCUT2D eigenvalue weighted by Gasteiger charge is 2.60. The van der Waals surface area contributed by atoms with Crippen molar-refractivity contribution >= 4 is 11.8 Å². The maximum atomic E-state index is 14.5. The number of carbonyl (C=O) groups excluding carboxylic acids is 2. The second-order valence-corrected chi connectivity index (χ2v) is 7.31. The van der Waals surface area contributed by atoms with Crippen LogP contribution >= 0.6 is 0 Å². The fourth-order valence-corrected chi connectivity index (χ4v) is 3.72. The lowest BCUT2D eigenvalue weighted by Crippen LogP contribution is -2.49. The highest BCUT2D eigenvalue weighted by Crippen LogP contribution is 2.46. The van der Waals surface area contributed by atoms with Gasteiger partial charge in [-0.1, -0.05) is 72.8 Å². The third-order valence-electron chi connectivity index (χ3n) is 5.35. The van der Waals surface area contributed by atoms with E-state index in [2.05, 4.69) is 0 Å². The van der Waals surface area contributed by atoms with Crippen molar-refractivity contribution in [3.63, 3.8) is 0 Å². The Morgan fingerprint density at radius 3 is 1.82 bits per heavy atom. The topological polar surface area (TPSA) is 55.8 Å². The normalized spacial score (nSPS) is 17.8. The van der Waals surface area contributed by atoms with Crippen LogP contribution in [-0.2, 0) is 15.3 Å². The molecule has 0 N–H and O–H groups in total. The number of rotatable bonds is 7. The van der Waals surface area contributed by atoms with Gasteiger partial charge in [0.1, 0.15) is 6.10 Å². The van der Waals surface area contributed by atoms with Crippen LogP contribution in [0.2, 0.25) is 0 Å². The number of hydrogen-bond acceptors (Lipinski definition) is 4. The zero-order valence-electron chi connectivity index (χ0n) is 18.5. The molecule has 1 heterocycles. The quantitative estimate of drug-likeness (QED) is 0.367. The molecule has 5 nitrogen and oxygen atoms in total. The Hall–Kier alpha value is -3.49. The van der Waals surface area contributed by atoms with Crippen molar-refractivity contribution < 1.29 is 33.6 Å². The molecule has 0 bridgehead atoms. The van der Waals surface area contributed by atoms with Gasteiger partial charge >= 0.3 is 6.18 Å². The molecule has 8 heteroatoms. The van der Waals surface area contributed by atoms with Crippen LogP contribution in [0.1, 0.15) is 39.3 Å². The number of alkyl halides is 3. The molecule has 1 aliphatic rings. The summed E-state index contributed by atoms with van der Waals surface area (Å²) in [5.41, 5.74) is -0.0250. The lowest BCUT2D eigenvalue weighted by Gasteiger charge is -2.38. The van der Waals surface area contributed by atoms with E-state index in [1.165, 1.54) is 48.5 Å². The Labute approximate surface area is 189 Å². The lowest BCUT2D eigenvalue weighted by atomic mass is 10.0. The number of ether oxygens (including phenoxy) is 2. The van der Waals surface area contributed by atoms with Crippen molar-refractivity contribution in [1.82, 2.24) is 4.90 Å². The standard InChI is InChI=1S/C25H20F3NO4/c1-32-24(25(26,27)28,18-12-6-3-7-13-18)33-21(17-10-4-2-5-11-17)16-29-22(30)19-14-8-9-15-20(19)23(29)31/h2-15,21H,16H2,1H3/t21?,24-/m1/s1/i16D/t16-,21?,24+/m0. The zero-order valence-corrected chi connectivity index (χ0v) is 17.5. The van der Waals surface area contributed by atoms with Crippen LogP contribution in [0.3, 0.4) is 0 Å². The van der Waals surface area contributed by atoms with Gasteiger partial charge in [-0.2, -0.15) is 13.2 Å². The highest BCUT2D eigenvalue weighted by atomic mass is 19.4. The van der Waals surface area contributed by atoms with Gasteiger partial charge < -0.3 is 9.47 Å². The van der Waals surface area contributed by atoms with E-state index in [1.807, 2.05) is 0 Å². The summed E-state index contributed by atoms with van der Waals surface area (Å²) in [6, 6.07) is 20.4. The van der Waals surface area contributed by atoms with E-state index in [-0.39, 0.29) is 22.3 Å². The van der Waals surface area contributed by atoms with Crippen molar-refractivity contribution in [2.75, 3.05) is 13.6 Å². The molecule has 1 aliphatic heterocycles. The number of methoxy groups -OCH3 is 1. The molecule has 0 spiro atoms. The van der Waals surface area contributed by atoms with Crippen LogP contribution < -0.4 is 0 Å². The van der Waals surface area contributed by atoms with Crippen LogP contribution in [0.15, 0.2) is 84.9 Å². The number of fused-ring (bicyclic) bond motifs is 1. The monoisotopic (exact) mass is 456 g/mol. The second kappa shape index (κ2) is 8.80. The van der Waals surface area contributed by atoms with Gasteiger partial charge in [0.2, 0.25) is 0 Å². The molecule has 33 heavy (non-hydrogen) atoms. The van der Waals surface area contributed by atoms with Crippen LogP contribution in [0.4, 0.5) is 13.2 Å². The first-order chi connectivity index (χ1) is 16.2. The fraction of sp³-hybridized carbons (Fsp3) is 0.200. The Kier molecular flexibility index (Phi) is 5.70. The lowest BCUT2D eigenvalue weighted by molar-refractivity contribution is -0.397. The molecule has 0 aliphatic carbocycles. The summed E-state index contributed by atoms with van der Waals surface area (Å²) >= 11 is 0. The molecule has 1 unspecified atom stereocenters. The SMILES string of the molecule is [2H][C@@H](C(O[C@](OC)(c1ccccc1)C(F)(F)F)c1ccccc1)N1C(=O)c2ccccc2C1=O. The molecule has 3 atom stereocenters. The van der Waals surface area contributed by atoms with Crippen LogP contribution in [0.25, 0.3) is 0 Å². The molecule has 0 aromatic heterocycles. The Morgan fingerprint density at radius 1 is 0.848 bits per heavy atom. The maximum absolute atomic E-state index is 14.5. The number of halogens is 3. The molecule has 3 aromatic carbocycles. The van der Waals surface area contributed by atoms with Gasteiger partial charge in [-0.05, 0) is 17.7 Å². The average molecular weight is 456 g/mol. The summed E-state index contributed by atoms with van der Waals surface area (Å²) in [4.78, 5) is 26.5. The summed E-state index contributed by atoms with van der Waals surface area (Å²) in [5.74, 6) is -4.81. The summed E-state index contributed by atoms with van der Waals surface area (Å²) < 4.78 is 62.8. The van der Waals surface area contributed by atoms with Gasteiger partial charge in [-0.15, -0.1) is 0 Å². The predicted octanol–water partition coefficient (Wildman–Crippen LogP) is 5.10. The van der Waals surface area contributed by atoms with E-state index >= 15 is 0 Å². The van der Waals surface area contributed by atoms with Gasteiger partial charge in [-0.3, -0.25) is 14.5 Å². The molecule has 170 valence electrons. The molecule has 4 rings (SSSR count). The summed E-state index contributed by atoms with van der Waals surface area (Å²) in [6.07, 6.45) is -6.75. The smallest absolute Gasteiger partial charge is 0.342 e. The predicted molar refractivity (Wildman–Crippen MR) is 113 cm³/mol. The van der Waals surface area contributed by atoms with Crippen LogP contribution in [0, 0.1) is 0 Å². The molecule has 0 saturated heterocycles. The van der Waals surface area contributed by atoms with Gasteiger partial charge in [0.25, 0.3) is 17.6 Å². The largest absolute Gasteiger partial charge is 0.448 e. The van der Waals surface area contributed by atoms with E-state index in [4.69, 9.17) is 10.8 Å². The van der Waals surface area contributed by atoms with Crippen LogP contribution in [0.5, 0.6) is 0 Å². The minimum atomic E-state index is -5.06. The third kappa shape index (κ3) is 4.03.